The Morgan fingerprint density at radius 3 is 1.98 bits per heavy atom. The summed E-state index contributed by atoms with van der Waals surface area (Å²) in [7, 11) is 1.09. The molecular weight excluding hydrogens is 773 g/mol. The number of hydrogen-bond acceptors (Lipinski definition) is 10. The molecule has 6 amide bonds. The predicted molar refractivity (Wildman–Crippen MR) is 220 cm³/mol. The number of carbonyl (C=O) groups is 7. The van der Waals surface area contributed by atoms with Crippen molar-refractivity contribution in [3.8, 4) is 5.75 Å². The summed E-state index contributed by atoms with van der Waals surface area (Å²) < 4.78 is 10.3. The van der Waals surface area contributed by atoms with Crippen LogP contribution in [-0.2, 0) is 51.1 Å². The van der Waals surface area contributed by atoms with Crippen molar-refractivity contribution < 1.29 is 48.1 Å². The summed E-state index contributed by atoms with van der Waals surface area (Å²) in [5.41, 5.74) is 1.31. The minimum atomic E-state index is -1.66. The van der Waals surface area contributed by atoms with Crippen LogP contribution in [0.3, 0.4) is 0 Å². The molecule has 16 heteroatoms. The number of benzene rings is 3. The number of aliphatic hydroxyl groups is 1. The maximum Gasteiger partial charge on any atom is 0.396 e. The molecule has 5 atom stereocenters. The van der Waals surface area contributed by atoms with Crippen LogP contribution in [0.1, 0.15) is 57.6 Å². The number of nitrogens with zero attached hydrogens (tertiary/aromatic N) is 2. The first kappa shape index (κ1) is 44.8. The molecule has 0 aromatic heterocycles. The van der Waals surface area contributed by atoms with E-state index in [9.17, 15) is 38.7 Å². The van der Waals surface area contributed by atoms with Crippen LogP contribution >= 0.6 is 0 Å². The molecular formula is C44H54N6O10. The van der Waals surface area contributed by atoms with Crippen molar-refractivity contribution in [1.29, 1.82) is 0 Å². The van der Waals surface area contributed by atoms with E-state index < -0.39 is 77.9 Å². The van der Waals surface area contributed by atoms with Gasteiger partial charge in [0.15, 0.2) is 12.7 Å². The van der Waals surface area contributed by atoms with E-state index in [0.29, 0.717) is 31.4 Å². The number of anilines is 1. The molecule has 2 saturated heterocycles. The zero-order valence-corrected chi connectivity index (χ0v) is 34.3. The number of aliphatic hydroxyl groups excluding tert-OH is 1. The third-order valence-electron chi connectivity index (χ3n) is 10.2. The van der Waals surface area contributed by atoms with Crippen molar-refractivity contribution in [1.82, 2.24) is 25.8 Å². The standard InChI is InChI=1S/C44H54N6O10/c1-44(2,3)48-40(55)35-21-13-22-49(35)41(56)37(52)32(24-28-14-7-5-8-15-28)46-36(51)27-60-31-19-11-18-30(26-31)45-38(53)33(25-29-16-9-6-10-17-29)47-39(54)34-20-12-23-50(34)42(57)43(58)59-4/h5-11,14-19,26,32-35,37,52H,12-13,20-25,27H2,1-4H3,(H,45,53)(H,46,51)(H,47,54)(H,48,55)/t32-,33+,34-,35-,37-/m0/s1. The lowest BCUT2D eigenvalue weighted by atomic mass is 9.99. The fourth-order valence-corrected chi connectivity index (χ4v) is 7.31. The molecule has 0 radical (unpaired) electrons. The summed E-state index contributed by atoms with van der Waals surface area (Å²) in [5, 5.41) is 22.6. The van der Waals surface area contributed by atoms with Crippen LogP contribution in [0.15, 0.2) is 84.9 Å². The lowest BCUT2D eigenvalue weighted by Crippen LogP contribution is -2.57. The van der Waals surface area contributed by atoms with Gasteiger partial charge in [0, 0.05) is 36.8 Å². The van der Waals surface area contributed by atoms with Crippen molar-refractivity contribution in [3.05, 3.63) is 96.1 Å². The van der Waals surface area contributed by atoms with E-state index in [1.165, 1.54) is 11.0 Å². The second-order valence-electron chi connectivity index (χ2n) is 15.9. The summed E-state index contributed by atoms with van der Waals surface area (Å²) in [5.74, 6) is -4.55. The zero-order chi connectivity index (χ0) is 43.4. The van der Waals surface area contributed by atoms with Gasteiger partial charge in [-0.25, -0.2) is 4.79 Å². The Balaban J connectivity index is 1.24. The Hall–Kier alpha value is -6.29. The second kappa shape index (κ2) is 20.6. The van der Waals surface area contributed by atoms with Gasteiger partial charge in [-0.2, -0.15) is 0 Å². The first-order valence-corrected chi connectivity index (χ1v) is 20.0. The van der Waals surface area contributed by atoms with Gasteiger partial charge in [0.05, 0.1) is 13.2 Å². The van der Waals surface area contributed by atoms with Crippen LogP contribution in [0.4, 0.5) is 5.69 Å². The fraction of sp³-hybridized carbons (Fsp3) is 0.432. The van der Waals surface area contributed by atoms with E-state index in [2.05, 4.69) is 26.0 Å². The third-order valence-corrected chi connectivity index (χ3v) is 10.2. The summed E-state index contributed by atoms with van der Waals surface area (Å²) in [6.07, 6.45) is 0.411. The monoisotopic (exact) mass is 826 g/mol. The average molecular weight is 827 g/mol. The number of likely N-dealkylation sites (tertiary alicyclic amines) is 2. The summed E-state index contributed by atoms with van der Waals surface area (Å²) in [6, 6.07) is 20.5. The molecule has 2 heterocycles. The molecule has 0 bridgehead atoms. The molecule has 2 aliphatic rings. The Kier molecular flexibility index (Phi) is 15.4. The molecule has 3 aromatic carbocycles. The molecule has 60 heavy (non-hydrogen) atoms. The van der Waals surface area contributed by atoms with Gasteiger partial charge in [0.25, 0.3) is 11.8 Å². The van der Waals surface area contributed by atoms with E-state index in [1.54, 1.807) is 42.5 Å². The minimum absolute atomic E-state index is 0.119. The maximum absolute atomic E-state index is 13.8. The van der Waals surface area contributed by atoms with Gasteiger partial charge in [-0.3, -0.25) is 28.8 Å². The third kappa shape index (κ3) is 12.4. The lowest BCUT2D eigenvalue weighted by Gasteiger charge is -2.32. The van der Waals surface area contributed by atoms with Gasteiger partial charge in [-0.1, -0.05) is 66.7 Å². The highest BCUT2D eigenvalue weighted by Crippen LogP contribution is 2.23. The Labute approximate surface area is 349 Å². The zero-order valence-electron chi connectivity index (χ0n) is 34.3. The smallest absolute Gasteiger partial charge is 0.396 e. The lowest BCUT2D eigenvalue weighted by molar-refractivity contribution is -0.159. The van der Waals surface area contributed by atoms with Gasteiger partial charge >= 0.3 is 11.9 Å². The predicted octanol–water partition coefficient (Wildman–Crippen LogP) is 1.89. The van der Waals surface area contributed by atoms with E-state index in [4.69, 9.17) is 4.74 Å². The van der Waals surface area contributed by atoms with Gasteiger partial charge < -0.3 is 45.6 Å². The molecule has 0 aliphatic carbocycles. The van der Waals surface area contributed by atoms with Crippen LogP contribution < -0.4 is 26.0 Å². The van der Waals surface area contributed by atoms with E-state index >= 15 is 0 Å². The van der Waals surface area contributed by atoms with Crippen molar-refractivity contribution in [3.63, 3.8) is 0 Å². The molecule has 2 fully saturated rings. The number of rotatable bonds is 15. The van der Waals surface area contributed by atoms with Gasteiger partial charge in [0.2, 0.25) is 17.7 Å². The molecule has 0 spiro atoms. The molecule has 16 nitrogen and oxygen atoms in total. The fourth-order valence-electron chi connectivity index (χ4n) is 7.31. The number of methoxy groups -OCH3 is 1. The van der Waals surface area contributed by atoms with Gasteiger partial charge in [0.1, 0.15) is 23.9 Å². The summed E-state index contributed by atoms with van der Waals surface area (Å²) >= 11 is 0. The van der Waals surface area contributed by atoms with Crippen molar-refractivity contribution in [2.45, 2.75) is 95.1 Å². The number of esters is 1. The molecule has 320 valence electrons. The number of carbonyl (C=O) groups excluding carboxylic acids is 7. The topological polar surface area (TPSA) is 213 Å². The quantitative estimate of drug-likeness (QED) is 0.111. The SMILES string of the molecule is COC(=O)C(=O)N1CCC[C@H]1C(=O)N[C@H](Cc1ccccc1)C(=O)Nc1cccc(OCC(=O)N[C@@H](Cc2ccccc2)[C@H](O)C(=O)N2CCC[C@H]2C(=O)NC(C)(C)C)c1. The van der Waals surface area contributed by atoms with Crippen molar-refractivity contribution >= 4 is 47.1 Å². The maximum atomic E-state index is 13.8. The summed E-state index contributed by atoms with van der Waals surface area (Å²) in [4.78, 5) is 94.4. The Bertz CT molecular complexity index is 2010. The highest BCUT2D eigenvalue weighted by molar-refractivity contribution is 6.32. The van der Waals surface area contributed by atoms with Crippen molar-refractivity contribution in [2.24, 2.45) is 0 Å². The Morgan fingerprint density at radius 2 is 1.37 bits per heavy atom. The first-order valence-electron chi connectivity index (χ1n) is 20.0. The van der Waals surface area contributed by atoms with Gasteiger partial charge in [-0.15, -0.1) is 0 Å². The number of nitrogens with one attached hydrogen (secondary N) is 4. The number of hydrogen-bond donors (Lipinski definition) is 5. The average Bonchev–Trinajstić information content (AvgIpc) is 3.93. The van der Waals surface area contributed by atoms with Crippen LogP contribution in [0, 0.1) is 0 Å². The van der Waals surface area contributed by atoms with Crippen LogP contribution in [0.2, 0.25) is 0 Å². The summed E-state index contributed by atoms with van der Waals surface area (Å²) in [6.45, 7) is 5.52. The molecule has 0 saturated carbocycles. The molecule has 2 aliphatic heterocycles. The van der Waals surface area contributed by atoms with Gasteiger partial charge in [-0.05, 0) is 76.1 Å². The van der Waals surface area contributed by atoms with E-state index in [0.717, 1.165) is 23.1 Å². The number of amides is 6. The Morgan fingerprint density at radius 1 is 0.767 bits per heavy atom. The normalized spacial score (nSPS) is 17.8. The van der Waals surface area contributed by atoms with E-state index in [1.807, 2.05) is 57.2 Å². The molecule has 5 N–H and O–H groups in total. The molecule has 3 aromatic rings. The van der Waals surface area contributed by atoms with Crippen molar-refractivity contribution in [2.75, 3.05) is 32.1 Å². The first-order chi connectivity index (χ1) is 28.6. The highest BCUT2D eigenvalue weighted by Gasteiger charge is 2.41. The minimum Gasteiger partial charge on any atom is -0.484 e. The largest absolute Gasteiger partial charge is 0.484 e. The van der Waals surface area contributed by atoms with Crippen LogP contribution in [0.5, 0.6) is 5.75 Å². The molecule has 5 rings (SSSR count). The van der Waals surface area contributed by atoms with E-state index in [-0.39, 0.29) is 37.6 Å². The second-order valence-corrected chi connectivity index (χ2v) is 15.9. The molecule has 0 unspecified atom stereocenters. The van der Waals surface area contributed by atoms with Crippen LogP contribution in [0.25, 0.3) is 0 Å². The highest BCUT2D eigenvalue weighted by atomic mass is 16.5. The number of ether oxygens (including phenoxy) is 2. The van der Waals surface area contributed by atoms with Crippen LogP contribution in [-0.4, -0.2) is 119 Å².